The van der Waals surface area contributed by atoms with Crippen LogP contribution >= 0.6 is 0 Å². The van der Waals surface area contributed by atoms with E-state index in [1.807, 2.05) is 6.07 Å². The van der Waals surface area contributed by atoms with E-state index in [2.05, 4.69) is 31.3 Å². The average molecular weight is 318 g/mol. The minimum atomic E-state index is 0.00809. The van der Waals surface area contributed by atoms with Crippen LogP contribution in [-0.4, -0.2) is 50.4 Å². The van der Waals surface area contributed by atoms with Crippen LogP contribution in [0.15, 0.2) is 18.2 Å². The maximum absolute atomic E-state index is 12.2. The molecular formula is C18H26N2O3. The molecule has 1 N–H and O–H groups in total. The standard InChI is InChI=1S/C18H26N2O3/c1-13-5-4-6-14(2)16(13)23-15-9-20(10-15)17(21)19-11-18(7-8-18)12-22-3/h4-6,15H,7-12H2,1-3H3,(H,19,21). The topological polar surface area (TPSA) is 50.8 Å². The summed E-state index contributed by atoms with van der Waals surface area (Å²) in [5.41, 5.74) is 2.47. The van der Waals surface area contributed by atoms with Crippen LogP contribution in [0.2, 0.25) is 0 Å². The van der Waals surface area contributed by atoms with E-state index in [1.165, 1.54) is 0 Å². The smallest absolute Gasteiger partial charge is 0.317 e. The Morgan fingerprint density at radius 3 is 2.52 bits per heavy atom. The Balaban J connectivity index is 1.43. The predicted molar refractivity (Wildman–Crippen MR) is 88.8 cm³/mol. The molecule has 0 atom stereocenters. The van der Waals surface area contributed by atoms with E-state index >= 15 is 0 Å². The largest absolute Gasteiger partial charge is 0.486 e. The molecule has 0 unspecified atom stereocenters. The number of urea groups is 1. The van der Waals surface area contributed by atoms with Gasteiger partial charge in [0, 0.05) is 19.1 Å². The van der Waals surface area contributed by atoms with Gasteiger partial charge in [-0.3, -0.25) is 0 Å². The van der Waals surface area contributed by atoms with Gasteiger partial charge in [0.25, 0.3) is 0 Å². The second kappa shape index (κ2) is 6.40. The van der Waals surface area contributed by atoms with E-state index in [-0.39, 0.29) is 17.6 Å². The number of benzene rings is 1. The van der Waals surface area contributed by atoms with E-state index in [0.29, 0.717) is 19.6 Å². The summed E-state index contributed by atoms with van der Waals surface area (Å²) in [7, 11) is 1.72. The van der Waals surface area contributed by atoms with Crippen molar-refractivity contribution in [2.24, 2.45) is 5.41 Å². The molecule has 0 radical (unpaired) electrons. The highest BCUT2D eigenvalue weighted by Gasteiger charge is 2.43. The van der Waals surface area contributed by atoms with Crippen LogP contribution in [0.3, 0.4) is 0 Å². The molecule has 126 valence electrons. The van der Waals surface area contributed by atoms with Crippen LogP contribution in [0.1, 0.15) is 24.0 Å². The number of carbonyl (C=O) groups is 1. The second-order valence-electron chi connectivity index (χ2n) is 6.96. The van der Waals surface area contributed by atoms with Crippen LogP contribution in [0.25, 0.3) is 0 Å². The maximum Gasteiger partial charge on any atom is 0.317 e. The number of aryl methyl sites for hydroxylation is 2. The number of nitrogens with zero attached hydrogens (tertiary/aromatic N) is 1. The fraction of sp³-hybridized carbons (Fsp3) is 0.611. The third-order valence-corrected chi connectivity index (χ3v) is 4.85. The highest BCUT2D eigenvalue weighted by Crippen LogP contribution is 2.45. The summed E-state index contributed by atoms with van der Waals surface area (Å²) < 4.78 is 11.3. The molecule has 1 saturated heterocycles. The molecule has 0 spiro atoms. The summed E-state index contributed by atoms with van der Waals surface area (Å²) in [6.45, 7) is 6.84. The molecule has 23 heavy (non-hydrogen) atoms. The van der Waals surface area contributed by atoms with Gasteiger partial charge in [-0.2, -0.15) is 0 Å². The molecule has 1 aromatic rings. The zero-order chi connectivity index (χ0) is 16.4. The minimum Gasteiger partial charge on any atom is -0.486 e. The van der Waals surface area contributed by atoms with Crippen LogP contribution in [0, 0.1) is 19.3 Å². The fourth-order valence-electron chi connectivity index (χ4n) is 3.06. The molecule has 1 heterocycles. The van der Waals surface area contributed by atoms with Gasteiger partial charge in [0.05, 0.1) is 19.7 Å². The van der Waals surface area contributed by atoms with Crippen molar-refractivity contribution in [3.63, 3.8) is 0 Å². The molecule has 1 aliphatic heterocycles. The molecule has 5 nitrogen and oxygen atoms in total. The normalized spacial score (nSPS) is 19.2. The molecule has 2 fully saturated rings. The van der Waals surface area contributed by atoms with Gasteiger partial charge in [0.1, 0.15) is 11.9 Å². The summed E-state index contributed by atoms with van der Waals surface area (Å²) in [6, 6.07) is 6.15. The van der Waals surface area contributed by atoms with Crippen molar-refractivity contribution in [2.75, 3.05) is 33.4 Å². The van der Waals surface area contributed by atoms with Crippen molar-refractivity contribution in [1.82, 2.24) is 10.2 Å². The van der Waals surface area contributed by atoms with E-state index in [9.17, 15) is 4.79 Å². The molecule has 2 amide bonds. The molecule has 5 heteroatoms. The van der Waals surface area contributed by atoms with Gasteiger partial charge in [-0.05, 0) is 37.8 Å². The number of hydrogen-bond donors (Lipinski definition) is 1. The minimum absolute atomic E-state index is 0.00809. The van der Waals surface area contributed by atoms with Crippen LogP contribution < -0.4 is 10.1 Å². The van der Waals surface area contributed by atoms with Gasteiger partial charge in [0.2, 0.25) is 0 Å². The molecule has 2 aliphatic rings. The summed E-state index contributed by atoms with van der Waals surface area (Å²) in [5.74, 6) is 0.953. The Bertz CT molecular complexity index is 557. The number of rotatable bonds is 6. The lowest BCUT2D eigenvalue weighted by Gasteiger charge is -2.39. The molecule has 1 aromatic carbocycles. The quantitative estimate of drug-likeness (QED) is 0.877. The number of hydrogen-bond acceptors (Lipinski definition) is 3. The predicted octanol–water partition coefficient (Wildman–Crippen LogP) is 2.50. The Kier molecular flexibility index (Phi) is 4.48. The van der Waals surface area contributed by atoms with Crippen LogP contribution in [0.4, 0.5) is 4.79 Å². The maximum atomic E-state index is 12.2. The molecular weight excluding hydrogens is 292 g/mol. The van der Waals surface area contributed by atoms with Gasteiger partial charge in [-0.25, -0.2) is 4.79 Å². The van der Waals surface area contributed by atoms with Crippen LogP contribution in [-0.2, 0) is 4.74 Å². The number of amides is 2. The third kappa shape index (κ3) is 3.61. The number of likely N-dealkylation sites (tertiary alicyclic amines) is 1. The first kappa shape index (κ1) is 16.1. The van der Waals surface area contributed by atoms with Crippen molar-refractivity contribution in [3.05, 3.63) is 29.3 Å². The van der Waals surface area contributed by atoms with Crippen molar-refractivity contribution in [3.8, 4) is 5.75 Å². The lowest BCUT2D eigenvalue weighted by Crippen LogP contribution is -2.59. The van der Waals surface area contributed by atoms with Gasteiger partial charge in [-0.15, -0.1) is 0 Å². The van der Waals surface area contributed by atoms with Crippen molar-refractivity contribution < 1.29 is 14.3 Å². The molecule has 1 aliphatic carbocycles. The zero-order valence-corrected chi connectivity index (χ0v) is 14.2. The molecule has 0 aromatic heterocycles. The lowest BCUT2D eigenvalue weighted by atomic mass is 10.1. The van der Waals surface area contributed by atoms with Crippen LogP contribution in [0.5, 0.6) is 5.75 Å². The van der Waals surface area contributed by atoms with E-state index < -0.39 is 0 Å². The monoisotopic (exact) mass is 318 g/mol. The first-order chi connectivity index (χ1) is 11.0. The first-order valence-electron chi connectivity index (χ1n) is 8.28. The third-order valence-electron chi connectivity index (χ3n) is 4.85. The first-order valence-corrected chi connectivity index (χ1v) is 8.28. The Hall–Kier alpha value is -1.75. The number of ether oxygens (including phenoxy) is 2. The summed E-state index contributed by atoms with van der Waals surface area (Å²) in [6.07, 6.45) is 2.37. The second-order valence-corrected chi connectivity index (χ2v) is 6.96. The SMILES string of the molecule is COCC1(CNC(=O)N2CC(Oc3c(C)cccc3C)C2)CC1. The molecule has 3 rings (SSSR count). The number of carbonyl (C=O) groups excluding carboxylic acids is 1. The highest BCUT2D eigenvalue weighted by atomic mass is 16.5. The summed E-state index contributed by atoms with van der Waals surface area (Å²) in [4.78, 5) is 14.0. The fourth-order valence-corrected chi connectivity index (χ4v) is 3.06. The number of nitrogens with one attached hydrogen (secondary N) is 1. The lowest BCUT2D eigenvalue weighted by molar-refractivity contribution is 0.0424. The molecule has 1 saturated carbocycles. The Morgan fingerprint density at radius 1 is 1.30 bits per heavy atom. The van der Waals surface area contributed by atoms with E-state index in [1.54, 1.807) is 12.0 Å². The highest BCUT2D eigenvalue weighted by molar-refractivity contribution is 5.75. The van der Waals surface area contributed by atoms with Gasteiger partial charge < -0.3 is 19.7 Å². The van der Waals surface area contributed by atoms with E-state index in [4.69, 9.17) is 9.47 Å². The zero-order valence-electron chi connectivity index (χ0n) is 14.2. The summed E-state index contributed by atoms with van der Waals surface area (Å²) >= 11 is 0. The van der Waals surface area contributed by atoms with Gasteiger partial charge in [0.15, 0.2) is 0 Å². The average Bonchev–Trinajstić information content (AvgIpc) is 3.23. The van der Waals surface area contributed by atoms with Crippen molar-refractivity contribution in [1.29, 1.82) is 0 Å². The number of para-hydroxylation sites is 1. The van der Waals surface area contributed by atoms with Gasteiger partial charge >= 0.3 is 6.03 Å². The Morgan fingerprint density at radius 2 is 1.96 bits per heavy atom. The van der Waals surface area contributed by atoms with E-state index in [0.717, 1.165) is 36.3 Å². The van der Waals surface area contributed by atoms with Gasteiger partial charge in [-0.1, -0.05) is 18.2 Å². The Labute approximate surface area is 137 Å². The van der Waals surface area contributed by atoms with Crippen molar-refractivity contribution in [2.45, 2.75) is 32.8 Å². The number of methoxy groups -OCH3 is 1. The van der Waals surface area contributed by atoms with Crippen molar-refractivity contribution >= 4 is 6.03 Å². The molecule has 0 bridgehead atoms. The summed E-state index contributed by atoms with van der Waals surface area (Å²) in [5, 5.41) is 3.03.